The lowest BCUT2D eigenvalue weighted by Crippen LogP contribution is -2.22. The Morgan fingerprint density at radius 2 is 1.61 bits per heavy atom. The van der Waals surface area contributed by atoms with Crippen molar-refractivity contribution in [1.82, 2.24) is 4.57 Å². The maximum absolute atomic E-state index is 13.0. The van der Waals surface area contributed by atoms with Crippen molar-refractivity contribution in [1.29, 1.82) is 0 Å². The third kappa shape index (κ3) is 5.82. The minimum Gasteiger partial charge on any atom is -0.493 e. The number of esters is 1. The van der Waals surface area contributed by atoms with Gasteiger partial charge < -0.3 is 18.8 Å². The second-order valence-corrected chi connectivity index (χ2v) is 10.9. The van der Waals surface area contributed by atoms with E-state index in [1.165, 1.54) is 81.2 Å². The predicted molar refractivity (Wildman–Crippen MR) is 144 cm³/mol. The molecule has 10 nitrogen and oxygen atoms in total. The van der Waals surface area contributed by atoms with Crippen LogP contribution in [0.5, 0.6) is 11.5 Å². The molecular weight excluding hydrogens is 554 g/mol. The molecular formula is C25H22ClN3O7S2. The van der Waals surface area contributed by atoms with Gasteiger partial charge in [-0.25, -0.2) is 8.42 Å². The average Bonchev–Trinajstić information content (AvgIpc) is 3.23. The number of aromatic nitrogens is 1. The summed E-state index contributed by atoms with van der Waals surface area (Å²) >= 11 is 7.02. The van der Waals surface area contributed by atoms with Crippen LogP contribution in [-0.2, 0) is 26.1 Å². The number of hydrogen-bond donors (Lipinski definition) is 1. The van der Waals surface area contributed by atoms with Crippen molar-refractivity contribution in [2.75, 3.05) is 26.1 Å². The molecule has 198 valence electrons. The fourth-order valence-corrected chi connectivity index (χ4v) is 5.71. The van der Waals surface area contributed by atoms with Crippen molar-refractivity contribution in [2.24, 2.45) is 4.99 Å². The third-order valence-electron chi connectivity index (χ3n) is 5.41. The van der Waals surface area contributed by atoms with E-state index in [0.29, 0.717) is 26.7 Å². The van der Waals surface area contributed by atoms with Gasteiger partial charge in [0.1, 0.15) is 6.54 Å². The number of methoxy groups -OCH3 is 3. The Morgan fingerprint density at radius 1 is 0.974 bits per heavy atom. The normalized spacial score (nSPS) is 11.8. The molecule has 3 aromatic carbocycles. The summed E-state index contributed by atoms with van der Waals surface area (Å²) in [5.41, 5.74) is 1.09. The van der Waals surface area contributed by atoms with E-state index in [-0.39, 0.29) is 27.5 Å². The number of carbonyl (C=O) groups excluding carboxylic acids is 2. The van der Waals surface area contributed by atoms with Gasteiger partial charge in [-0.2, -0.15) is 4.99 Å². The summed E-state index contributed by atoms with van der Waals surface area (Å²) in [6.45, 7) is -0.177. The highest BCUT2D eigenvalue weighted by Gasteiger charge is 2.17. The van der Waals surface area contributed by atoms with E-state index in [0.717, 1.165) is 0 Å². The van der Waals surface area contributed by atoms with Crippen molar-refractivity contribution in [3.05, 3.63) is 76.1 Å². The molecule has 0 unspecified atom stereocenters. The maximum atomic E-state index is 13.0. The summed E-state index contributed by atoms with van der Waals surface area (Å²) in [6, 6.07) is 15.0. The minimum absolute atomic E-state index is 0.0465. The van der Waals surface area contributed by atoms with Gasteiger partial charge in [-0.3, -0.25) is 14.3 Å². The van der Waals surface area contributed by atoms with E-state index < -0.39 is 21.9 Å². The number of halogens is 1. The van der Waals surface area contributed by atoms with Gasteiger partial charge in [0.25, 0.3) is 15.9 Å². The standard InChI is InChI=1S/C25H22ClN3O7S2/c1-34-20-12-19-22(13-21(20)35-2)37-25(29(19)14-23(30)36-3)27-24(31)15-4-8-17(9-5-15)28-38(32,33)18-10-6-16(26)7-11-18/h4-13,28H,14H2,1-3H3. The Morgan fingerprint density at radius 3 is 2.21 bits per heavy atom. The van der Waals surface area contributed by atoms with Gasteiger partial charge in [-0.1, -0.05) is 22.9 Å². The van der Waals surface area contributed by atoms with E-state index in [9.17, 15) is 18.0 Å². The lowest BCUT2D eigenvalue weighted by atomic mass is 10.2. The number of carbonyl (C=O) groups is 2. The quantitative estimate of drug-likeness (QED) is 0.314. The molecule has 13 heteroatoms. The Bertz CT molecular complexity index is 1680. The fourth-order valence-electron chi connectivity index (χ4n) is 3.49. The number of fused-ring (bicyclic) bond motifs is 1. The molecule has 0 radical (unpaired) electrons. The molecule has 0 aliphatic rings. The summed E-state index contributed by atoms with van der Waals surface area (Å²) in [4.78, 5) is 29.6. The van der Waals surface area contributed by atoms with Crippen LogP contribution in [0.25, 0.3) is 10.2 Å². The van der Waals surface area contributed by atoms with Crippen molar-refractivity contribution < 1.29 is 32.2 Å². The lowest BCUT2D eigenvalue weighted by Gasteiger charge is -2.09. The van der Waals surface area contributed by atoms with Crippen LogP contribution >= 0.6 is 22.9 Å². The van der Waals surface area contributed by atoms with Crippen molar-refractivity contribution in [2.45, 2.75) is 11.4 Å². The van der Waals surface area contributed by atoms with Gasteiger partial charge in [0.05, 0.1) is 36.4 Å². The van der Waals surface area contributed by atoms with E-state index in [1.54, 1.807) is 16.7 Å². The molecule has 1 heterocycles. The number of thiazole rings is 1. The highest BCUT2D eigenvalue weighted by Crippen LogP contribution is 2.33. The molecule has 0 aliphatic heterocycles. The molecule has 0 atom stereocenters. The number of sulfonamides is 1. The number of amides is 1. The maximum Gasteiger partial charge on any atom is 0.325 e. The molecule has 0 aliphatic carbocycles. The first-order valence-corrected chi connectivity index (χ1v) is 13.6. The largest absolute Gasteiger partial charge is 0.493 e. The molecule has 1 amide bonds. The van der Waals surface area contributed by atoms with Crippen LogP contribution in [-0.4, -0.2) is 46.2 Å². The molecule has 0 saturated carbocycles. The molecule has 4 rings (SSSR count). The number of nitrogens with one attached hydrogen (secondary N) is 1. The number of anilines is 1. The highest BCUT2D eigenvalue weighted by molar-refractivity contribution is 7.92. The van der Waals surface area contributed by atoms with Crippen LogP contribution in [0.4, 0.5) is 5.69 Å². The molecule has 0 saturated heterocycles. The van der Waals surface area contributed by atoms with Crippen molar-refractivity contribution in [3.63, 3.8) is 0 Å². The van der Waals surface area contributed by atoms with Crippen LogP contribution in [0.3, 0.4) is 0 Å². The van der Waals surface area contributed by atoms with Crippen LogP contribution in [0.1, 0.15) is 10.4 Å². The fraction of sp³-hybridized carbons (Fsp3) is 0.160. The van der Waals surface area contributed by atoms with Crippen LogP contribution in [0.15, 0.2) is 70.6 Å². The number of ether oxygens (including phenoxy) is 3. The van der Waals surface area contributed by atoms with Crippen LogP contribution in [0.2, 0.25) is 5.02 Å². The summed E-state index contributed by atoms with van der Waals surface area (Å²) in [5.74, 6) is -0.168. The Labute approximate surface area is 227 Å². The third-order valence-corrected chi connectivity index (χ3v) is 8.10. The molecule has 0 fully saturated rings. The predicted octanol–water partition coefficient (Wildman–Crippen LogP) is 4.09. The zero-order valence-electron chi connectivity index (χ0n) is 20.4. The molecule has 1 aromatic heterocycles. The van der Waals surface area contributed by atoms with Crippen molar-refractivity contribution in [3.8, 4) is 11.5 Å². The van der Waals surface area contributed by atoms with Crippen LogP contribution in [0, 0.1) is 0 Å². The second-order valence-electron chi connectivity index (χ2n) is 7.78. The van der Waals surface area contributed by atoms with E-state index >= 15 is 0 Å². The van der Waals surface area contributed by atoms with E-state index in [2.05, 4.69) is 9.71 Å². The topological polar surface area (TPSA) is 125 Å². The Kier molecular flexibility index (Phi) is 8.05. The number of rotatable bonds is 8. The summed E-state index contributed by atoms with van der Waals surface area (Å²) < 4.78 is 45.5. The highest BCUT2D eigenvalue weighted by atomic mass is 35.5. The summed E-state index contributed by atoms with van der Waals surface area (Å²) in [7, 11) is 0.431. The van der Waals surface area contributed by atoms with Crippen molar-refractivity contribution >= 4 is 60.7 Å². The lowest BCUT2D eigenvalue weighted by molar-refractivity contribution is -0.141. The molecule has 4 aromatic rings. The van der Waals surface area contributed by atoms with Gasteiger partial charge in [0.15, 0.2) is 16.3 Å². The average molecular weight is 576 g/mol. The second kappa shape index (κ2) is 11.3. The first kappa shape index (κ1) is 27.2. The summed E-state index contributed by atoms with van der Waals surface area (Å²) in [6.07, 6.45) is 0. The molecule has 1 N–H and O–H groups in total. The molecule has 38 heavy (non-hydrogen) atoms. The SMILES string of the molecule is COC(=O)Cn1c(=NC(=O)c2ccc(NS(=O)(=O)c3ccc(Cl)cc3)cc2)sc2cc(OC)c(OC)cc21. The minimum atomic E-state index is -3.84. The zero-order chi connectivity index (χ0) is 27.4. The molecule has 0 bridgehead atoms. The van der Waals surface area contributed by atoms with Gasteiger partial charge in [-0.15, -0.1) is 0 Å². The first-order chi connectivity index (χ1) is 18.1. The van der Waals surface area contributed by atoms with Crippen LogP contribution < -0.4 is 19.0 Å². The van der Waals surface area contributed by atoms with Gasteiger partial charge in [0.2, 0.25) is 0 Å². The molecule has 0 spiro atoms. The number of hydrogen-bond acceptors (Lipinski definition) is 8. The number of benzene rings is 3. The van der Waals surface area contributed by atoms with E-state index in [4.69, 9.17) is 25.8 Å². The summed E-state index contributed by atoms with van der Waals surface area (Å²) in [5, 5.41) is 0.417. The Balaban J connectivity index is 1.66. The van der Waals surface area contributed by atoms with E-state index in [1.807, 2.05) is 0 Å². The smallest absolute Gasteiger partial charge is 0.325 e. The monoisotopic (exact) mass is 575 g/mol. The van der Waals surface area contributed by atoms with Gasteiger partial charge in [0, 0.05) is 28.4 Å². The van der Waals surface area contributed by atoms with Gasteiger partial charge in [-0.05, 0) is 48.5 Å². The number of nitrogens with zero attached hydrogens (tertiary/aromatic N) is 2. The first-order valence-electron chi connectivity index (χ1n) is 10.9. The zero-order valence-corrected chi connectivity index (χ0v) is 22.8. The Hall–Kier alpha value is -3.87. The van der Waals surface area contributed by atoms with Gasteiger partial charge >= 0.3 is 5.97 Å².